The lowest BCUT2D eigenvalue weighted by molar-refractivity contribution is 0.445. The molecule has 0 amide bonds. The maximum absolute atomic E-state index is 6.41. The van der Waals surface area contributed by atoms with E-state index < -0.39 is 0 Å². The highest BCUT2D eigenvalue weighted by molar-refractivity contribution is 6.14. The molecule has 0 N–H and O–H groups in total. The minimum absolute atomic E-state index is 0.0700. The number of rotatable bonds is 5. The number of nitrogens with zero attached hydrogens (tertiary/aromatic N) is 1. The van der Waals surface area contributed by atoms with Crippen molar-refractivity contribution in [3.63, 3.8) is 0 Å². The van der Waals surface area contributed by atoms with Crippen molar-refractivity contribution >= 4 is 49.8 Å². The third kappa shape index (κ3) is 4.97. The highest BCUT2D eigenvalue weighted by Gasteiger charge is 2.25. The van der Waals surface area contributed by atoms with E-state index in [-0.39, 0.29) is 5.41 Å². The molecule has 0 unspecified atom stereocenters. The summed E-state index contributed by atoms with van der Waals surface area (Å²) in [6.45, 7) is 6.83. The van der Waals surface area contributed by atoms with Gasteiger partial charge in [0.1, 0.15) is 11.2 Å². The van der Waals surface area contributed by atoms with E-state index >= 15 is 0 Å². The van der Waals surface area contributed by atoms with Crippen molar-refractivity contribution in [1.29, 1.82) is 0 Å². The van der Waals surface area contributed by atoms with Crippen LogP contribution >= 0.6 is 0 Å². The minimum Gasteiger partial charge on any atom is -0.456 e. The van der Waals surface area contributed by atoms with Gasteiger partial charge in [0, 0.05) is 16.6 Å². The van der Waals surface area contributed by atoms with Gasteiger partial charge in [-0.1, -0.05) is 131 Å². The van der Waals surface area contributed by atoms with Crippen LogP contribution in [0.1, 0.15) is 69.9 Å². The Bertz CT molecular complexity index is 2170. The molecule has 8 rings (SSSR count). The monoisotopic (exact) mass is 599 g/mol. The van der Waals surface area contributed by atoms with Crippen LogP contribution in [-0.2, 0) is 5.41 Å². The van der Waals surface area contributed by atoms with Gasteiger partial charge in [0.2, 0.25) is 0 Å². The topological polar surface area (TPSA) is 16.4 Å². The molecule has 1 heterocycles. The fraction of sp³-hybridized carbons (Fsp3) is 0.227. The maximum Gasteiger partial charge on any atom is 0.137 e. The summed E-state index contributed by atoms with van der Waals surface area (Å²) in [5.41, 5.74) is 10.7. The van der Waals surface area contributed by atoms with Gasteiger partial charge in [-0.25, -0.2) is 0 Å². The second-order valence-corrected chi connectivity index (χ2v) is 14.0. The summed E-state index contributed by atoms with van der Waals surface area (Å²) < 4.78 is 6.41. The first-order valence-electron chi connectivity index (χ1n) is 16.9. The molecule has 46 heavy (non-hydrogen) atoms. The standard InChI is InChI=1S/C44H41NO/c1-44(2,3)32-26-28-33(29-27-32)45(39-23-13-25-41-43(39)37-19-8-10-24-40(37)46-41)38-22-9-7-18-35(38)36-21-12-17-31-16-11-20-34(42(31)36)30-14-5-4-6-15-30/h7-13,16-30H,4-6,14-15H2,1-3H3. The van der Waals surface area contributed by atoms with Crippen LogP contribution in [0.5, 0.6) is 0 Å². The lowest BCUT2D eigenvalue weighted by Gasteiger charge is -2.30. The highest BCUT2D eigenvalue weighted by Crippen LogP contribution is 2.48. The zero-order valence-corrected chi connectivity index (χ0v) is 27.1. The van der Waals surface area contributed by atoms with Gasteiger partial charge in [0.15, 0.2) is 0 Å². The Morgan fingerprint density at radius 2 is 1.22 bits per heavy atom. The van der Waals surface area contributed by atoms with Crippen LogP contribution in [-0.4, -0.2) is 0 Å². The summed E-state index contributed by atoms with van der Waals surface area (Å²) in [6, 6.07) is 46.8. The van der Waals surface area contributed by atoms with E-state index in [4.69, 9.17) is 4.42 Å². The first-order valence-corrected chi connectivity index (χ1v) is 16.9. The molecule has 228 valence electrons. The zero-order chi connectivity index (χ0) is 31.3. The molecule has 0 bridgehead atoms. The first kappa shape index (κ1) is 28.6. The Kier molecular flexibility index (Phi) is 7.17. The van der Waals surface area contributed by atoms with Crippen LogP contribution < -0.4 is 4.90 Å². The van der Waals surface area contributed by atoms with Gasteiger partial charge in [-0.2, -0.15) is 0 Å². The molecular weight excluding hydrogens is 558 g/mol. The number of benzene rings is 6. The van der Waals surface area contributed by atoms with Crippen LogP contribution in [0.4, 0.5) is 17.1 Å². The molecule has 1 saturated carbocycles. The quantitative estimate of drug-likeness (QED) is 0.196. The number of anilines is 3. The van der Waals surface area contributed by atoms with E-state index in [0.717, 1.165) is 39.0 Å². The molecule has 0 radical (unpaired) electrons. The van der Waals surface area contributed by atoms with Gasteiger partial charge < -0.3 is 9.32 Å². The molecule has 0 saturated heterocycles. The number of hydrogen-bond acceptors (Lipinski definition) is 2. The first-order chi connectivity index (χ1) is 22.5. The van der Waals surface area contributed by atoms with Gasteiger partial charge in [-0.05, 0) is 88.0 Å². The number of furan rings is 1. The fourth-order valence-electron chi connectivity index (χ4n) is 7.71. The molecule has 0 aliphatic heterocycles. The lowest BCUT2D eigenvalue weighted by Crippen LogP contribution is -2.14. The summed E-state index contributed by atoms with van der Waals surface area (Å²) in [5, 5.41) is 4.99. The molecule has 7 aromatic rings. The van der Waals surface area contributed by atoms with Gasteiger partial charge in [-0.15, -0.1) is 0 Å². The lowest BCUT2D eigenvalue weighted by atomic mass is 9.80. The van der Waals surface area contributed by atoms with Gasteiger partial charge in [-0.3, -0.25) is 0 Å². The molecular formula is C44H41NO. The normalized spacial score (nSPS) is 14.3. The van der Waals surface area contributed by atoms with Crippen molar-refractivity contribution in [2.24, 2.45) is 0 Å². The van der Waals surface area contributed by atoms with Crippen LogP contribution in [0, 0.1) is 0 Å². The van der Waals surface area contributed by atoms with Crippen LogP contribution in [0.3, 0.4) is 0 Å². The Morgan fingerprint density at radius 3 is 2.02 bits per heavy atom. The van der Waals surface area contributed by atoms with Gasteiger partial charge >= 0.3 is 0 Å². The van der Waals surface area contributed by atoms with Crippen LogP contribution in [0.25, 0.3) is 43.8 Å². The molecule has 1 aliphatic carbocycles. The Balaban J connectivity index is 1.40. The van der Waals surface area contributed by atoms with E-state index in [1.807, 2.05) is 6.07 Å². The molecule has 0 atom stereocenters. The van der Waals surface area contributed by atoms with Crippen molar-refractivity contribution in [2.75, 3.05) is 4.90 Å². The molecule has 6 aromatic carbocycles. The summed E-state index contributed by atoms with van der Waals surface area (Å²) >= 11 is 0. The number of hydrogen-bond donors (Lipinski definition) is 0. The predicted molar refractivity (Wildman–Crippen MR) is 196 cm³/mol. The third-order valence-electron chi connectivity index (χ3n) is 10.0. The van der Waals surface area contributed by atoms with E-state index in [2.05, 4.69) is 147 Å². The van der Waals surface area contributed by atoms with E-state index in [0.29, 0.717) is 5.92 Å². The molecule has 1 aromatic heterocycles. The number of para-hydroxylation sites is 2. The predicted octanol–water partition coefficient (Wildman–Crippen LogP) is 13.2. The molecule has 0 spiro atoms. The summed E-state index contributed by atoms with van der Waals surface area (Å²) in [5.74, 6) is 0.609. The minimum atomic E-state index is 0.0700. The van der Waals surface area contributed by atoms with Crippen molar-refractivity contribution in [1.82, 2.24) is 0 Å². The zero-order valence-electron chi connectivity index (χ0n) is 27.1. The Hall–Kier alpha value is -4.82. The summed E-state index contributed by atoms with van der Waals surface area (Å²) in [4.78, 5) is 2.45. The smallest absolute Gasteiger partial charge is 0.137 e. The molecule has 1 fully saturated rings. The van der Waals surface area contributed by atoms with Gasteiger partial charge in [0.25, 0.3) is 0 Å². The van der Waals surface area contributed by atoms with Crippen molar-refractivity contribution < 1.29 is 4.42 Å². The molecule has 1 aliphatic rings. The van der Waals surface area contributed by atoms with Crippen LogP contribution in [0.2, 0.25) is 0 Å². The molecule has 2 heteroatoms. The third-order valence-corrected chi connectivity index (χ3v) is 10.0. The summed E-state index contributed by atoms with van der Waals surface area (Å²) in [7, 11) is 0. The average molecular weight is 600 g/mol. The maximum atomic E-state index is 6.41. The van der Waals surface area contributed by atoms with Crippen molar-refractivity contribution in [2.45, 2.75) is 64.2 Å². The van der Waals surface area contributed by atoms with E-state index in [9.17, 15) is 0 Å². The van der Waals surface area contributed by atoms with Crippen molar-refractivity contribution in [3.8, 4) is 11.1 Å². The summed E-state index contributed by atoms with van der Waals surface area (Å²) in [6.07, 6.45) is 6.55. The molecule has 2 nitrogen and oxygen atoms in total. The largest absolute Gasteiger partial charge is 0.456 e. The highest BCUT2D eigenvalue weighted by atomic mass is 16.3. The van der Waals surface area contributed by atoms with E-state index in [1.54, 1.807) is 0 Å². The number of fused-ring (bicyclic) bond motifs is 4. The van der Waals surface area contributed by atoms with E-state index in [1.165, 1.54) is 65.1 Å². The Morgan fingerprint density at radius 1 is 0.565 bits per heavy atom. The van der Waals surface area contributed by atoms with Gasteiger partial charge in [0.05, 0.1) is 16.8 Å². The average Bonchev–Trinajstić information content (AvgIpc) is 3.48. The fourth-order valence-corrected chi connectivity index (χ4v) is 7.71. The Labute approximate surface area is 272 Å². The van der Waals surface area contributed by atoms with Crippen LogP contribution in [0.15, 0.2) is 132 Å². The van der Waals surface area contributed by atoms with Crippen molar-refractivity contribution in [3.05, 3.63) is 139 Å². The SMILES string of the molecule is CC(C)(C)c1ccc(N(c2ccccc2-c2cccc3cccc(C4CCCCC4)c23)c2cccc3oc4ccccc4c23)cc1. The second-order valence-electron chi connectivity index (χ2n) is 14.0. The second kappa shape index (κ2) is 11.5.